The molecule has 0 atom stereocenters. The highest BCUT2D eigenvalue weighted by Gasteiger charge is 2.05. The second-order valence-corrected chi connectivity index (χ2v) is 3.02. The summed E-state index contributed by atoms with van der Waals surface area (Å²) in [5.74, 6) is -1.11. The zero-order chi connectivity index (χ0) is 9.42. The molecular formula is C9H5ClFNO. The van der Waals surface area contributed by atoms with Gasteiger partial charge in [-0.1, -0.05) is 11.6 Å². The summed E-state index contributed by atoms with van der Waals surface area (Å²) in [6.45, 7) is 0. The summed E-state index contributed by atoms with van der Waals surface area (Å²) in [6.07, 6.45) is 1.50. The lowest BCUT2D eigenvalue weighted by Crippen LogP contribution is -1.82. The van der Waals surface area contributed by atoms with E-state index in [0.29, 0.717) is 15.9 Å². The Morgan fingerprint density at radius 2 is 2.15 bits per heavy atom. The molecule has 0 aliphatic rings. The van der Waals surface area contributed by atoms with Crippen molar-refractivity contribution >= 4 is 22.5 Å². The maximum absolute atomic E-state index is 12.9. The minimum absolute atomic E-state index is 0.415. The third-order valence-electron chi connectivity index (χ3n) is 1.76. The number of nitrogens with zero attached hydrogens (tertiary/aromatic N) is 1. The van der Waals surface area contributed by atoms with Gasteiger partial charge in [-0.15, -0.1) is 0 Å². The standard InChI is InChI=1S/C9H5ClFNO/c10-6-1-2-12-8-4-9(13)7(11)3-5(6)8/h1-4,13H. The van der Waals surface area contributed by atoms with E-state index < -0.39 is 11.6 Å². The molecule has 0 aliphatic carbocycles. The minimum atomic E-state index is -0.692. The van der Waals surface area contributed by atoms with Crippen LogP contribution < -0.4 is 0 Å². The summed E-state index contributed by atoms with van der Waals surface area (Å²) in [7, 11) is 0. The predicted octanol–water partition coefficient (Wildman–Crippen LogP) is 2.73. The van der Waals surface area contributed by atoms with E-state index in [4.69, 9.17) is 16.7 Å². The summed E-state index contributed by atoms with van der Waals surface area (Å²) in [4.78, 5) is 3.93. The molecule has 0 radical (unpaired) electrons. The first-order valence-corrected chi connectivity index (χ1v) is 3.99. The normalized spacial score (nSPS) is 10.6. The Bertz CT molecular complexity index is 472. The number of benzene rings is 1. The molecule has 0 spiro atoms. The number of halogens is 2. The zero-order valence-electron chi connectivity index (χ0n) is 6.46. The molecule has 0 saturated heterocycles. The number of hydrogen-bond acceptors (Lipinski definition) is 2. The van der Waals surface area contributed by atoms with Crippen LogP contribution in [0.2, 0.25) is 5.02 Å². The lowest BCUT2D eigenvalue weighted by Gasteiger charge is -2.00. The molecule has 2 nitrogen and oxygen atoms in total. The summed E-state index contributed by atoms with van der Waals surface area (Å²) in [5.41, 5.74) is 0.478. The molecule has 66 valence electrons. The third-order valence-corrected chi connectivity index (χ3v) is 2.09. The van der Waals surface area contributed by atoms with Gasteiger partial charge in [0, 0.05) is 17.6 Å². The van der Waals surface area contributed by atoms with E-state index in [1.165, 1.54) is 18.3 Å². The van der Waals surface area contributed by atoms with Crippen LogP contribution >= 0.6 is 11.6 Å². The van der Waals surface area contributed by atoms with Crippen molar-refractivity contribution in [3.63, 3.8) is 0 Å². The maximum atomic E-state index is 12.9. The van der Waals surface area contributed by atoms with Crippen molar-refractivity contribution in [3.8, 4) is 5.75 Å². The number of aromatic hydroxyl groups is 1. The van der Waals surface area contributed by atoms with Gasteiger partial charge < -0.3 is 5.11 Å². The highest BCUT2D eigenvalue weighted by molar-refractivity contribution is 6.35. The van der Waals surface area contributed by atoms with Crippen LogP contribution in [0.3, 0.4) is 0 Å². The zero-order valence-corrected chi connectivity index (χ0v) is 7.22. The Hall–Kier alpha value is -1.35. The quantitative estimate of drug-likeness (QED) is 0.705. The molecule has 13 heavy (non-hydrogen) atoms. The van der Waals surface area contributed by atoms with Gasteiger partial charge in [-0.3, -0.25) is 4.98 Å². The number of hydrogen-bond donors (Lipinski definition) is 1. The summed E-state index contributed by atoms with van der Waals surface area (Å²) in [5, 5.41) is 9.97. The topological polar surface area (TPSA) is 33.1 Å². The smallest absolute Gasteiger partial charge is 0.165 e. The van der Waals surface area contributed by atoms with Crippen LogP contribution in [-0.4, -0.2) is 10.1 Å². The lowest BCUT2D eigenvalue weighted by molar-refractivity contribution is 0.433. The molecule has 1 aromatic carbocycles. The van der Waals surface area contributed by atoms with Gasteiger partial charge in [-0.05, 0) is 12.1 Å². The van der Waals surface area contributed by atoms with Gasteiger partial charge in [-0.25, -0.2) is 4.39 Å². The van der Waals surface area contributed by atoms with Crippen molar-refractivity contribution in [2.75, 3.05) is 0 Å². The minimum Gasteiger partial charge on any atom is -0.505 e. The van der Waals surface area contributed by atoms with Crippen molar-refractivity contribution in [2.45, 2.75) is 0 Å². The van der Waals surface area contributed by atoms with Crippen molar-refractivity contribution in [1.82, 2.24) is 4.98 Å². The van der Waals surface area contributed by atoms with Crippen molar-refractivity contribution in [3.05, 3.63) is 35.2 Å². The molecule has 1 heterocycles. The molecule has 0 aliphatic heterocycles. The van der Waals surface area contributed by atoms with Crippen LogP contribution in [0.15, 0.2) is 24.4 Å². The largest absolute Gasteiger partial charge is 0.505 e. The molecule has 0 unspecified atom stereocenters. The molecule has 0 bridgehead atoms. The first-order valence-electron chi connectivity index (χ1n) is 3.61. The van der Waals surface area contributed by atoms with E-state index in [0.717, 1.165) is 0 Å². The van der Waals surface area contributed by atoms with E-state index in [1.807, 2.05) is 0 Å². The molecule has 0 fully saturated rings. The van der Waals surface area contributed by atoms with Crippen LogP contribution in [0, 0.1) is 5.82 Å². The van der Waals surface area contributed by atoms with Gasteiger partial charge in [-0.2, -0.15) is 0 Å². The van der Waals surface area contributed by atoms with Gasteiger partial charge in [0.2, 0.25) is 0 Å². The molecule has 1 N–H and O–H groups in total. The molecule has 0 saturated carbocycles. The van der Waals surface area contributed by atoms with E-state index >= 15 is 0 Å². The lowest BCUT2D eigenvalue weighted by atomic mass is 10.2. The van der Waals surface area contributed by atoms with Crippen molar-refractivity contribution in [1.29, 1.82) is 0 Å². The number of pyridine rings is 1. The number of fused-ring (bicyclic) bond motifs is 1. The number of phenolic OH excluding ortho intramolecular Hbond substituents is 1. The monoisotopic (exact) mass is 197 g/mol. The van der Waals surface area contributed by atoms with Gasteiger partial charge in [0.05, 0.1) is 10.5 Å². The van der Waals surface area contributed by atoms with Crippen LogP contribution in [0.1, 0.15) is 0 Å². The third kappa shape index (κ3) is 1.31. The summed E-state index contributed by atoms with van der Waals surface area (Å²) in [6, 6.07) is 3.98. The highest BCUT2D eigenvalue weighted by atomic mass is 35.5. The number of rotatable bonds is 0. The van der Waals surface area contributed by atoms with E-state index in [2.05, 4.69) is 4.98 Å². The predicted molar refractivity (Wildman–Crippen MR) is 48.4 cm³/mol. The SMILES string of the molecule is Oc1cc2nccc(Cl)c2cc1F. The average molecular weight is 198 g/mol. The van der Waals surface area contributed by atoms with Crippen molar-refractivity contribution < 1.29 is 9.50 Å². The highest BCUT2D eigenvalue weighted by Crippen LogP contribution is 2.26. The maximum Gasteiger partial charge on any atom is 0.165 e. The summed E-state index contributed by atoms with van der Waals surface area (Å²) >= 11 is 5.79. The van der Waals surface area contributed by atoms with Crippen LogP contribution in [0.5, 0.6) is 5.75 Å². The fraction of sp³-hybridized carbons (Fsp3) is 0. The van der Waals surface area contributed by atoms with E-state index in [9.17, 15) is 4.39 Å². The molecule has 0 amide bonds. The van der Waals surface area contributed by atoms with Gasteiger partial charge in [0.15, 0.2) is 11.6 Å². The van der Waals surface area contributed by atoms with Crippen molar-refractivity contribution in [2.24, 2.45) is 0 Å². The second-order valence-electron chi connectivity index (χ2n) is 2.61. The Balaban J connectivity index is 2.89. The van der Waals surface area contributed by atoms with Gasteiger partial charge in [0.1, 0.15) is 0 Å². The van der Waals surface area contributed by atoms with Crippen LogP contribution in [0.25, 0.3) is 10.9 Å². The van der Waals surface area contributed by atoms with Gasteiger partial charge >= 0.3 is 0 Å². The fourth-order valence-electron chi connectivity index (χ4n) is 1.12. The fourth-order valence-corrected chi connectivity index (χ4v) is 1.33. The Kier molecular flexibility index (Phi) is 1.81. The first kappa shape index (κ1) is 8.26. The van der Waals surface area contributed by atoms with E-state index in [-0.39, 0.29) is 0 Å². The second kappa shape index (κ2) is 2.85. The molecular weight excluding hydrogens is 193 g/mol. The Morgan fingerprint density at radius 1 is 1.38 bits per heavy atom. The van der Waals surface area contributed by atoms with Crippen LogP contribution in [-0.2, 0) is 0 Å². The molecule has 2 aromatic rings. The summed E-state index contributed by atoms with van der Waals surface area (Å²) < 4.78 is 12.9. The Labute approximate surface area is 78.6 Å². The molecule has 1 aromatic heterocycles. The first-order chi connectivity index (χ1) is 6.18. The number of phenols is 1. The molecule has 2 rings (SSSR count). The van der Waals surface area contributed by atoms with Crippen LogP contribution in [0.4, 0.5) is 4.39 Å². The van der Waals surface area contributed by atoms with E-state index in [1.54, 1.807) is 6.07 Å². The average Bonchev–Trinajstić information content (AvgIpc) is 2.09. The van der Waals surface area contributed by atoms with Gasteiger partial charge in [0.25, 0.3) is 0 Å². The number of aromatic nitrogens is 1. The molecule has 4 heteroatoms. The Morgan fingerprint density at radius 3 is 2.92 bits per heavy atom.